The van der Waals surface area contributed by atoms with E-state index in [1.165, 1.54) is 37.0 Å². The van der Waals surface area contributed by atoms with Crippen LogP contribution in [-0.2, 0) is 9.59 Å². The number of quaternary nitrogens is 1. The van der Waals surface area contributed by atoms with E-state index in [1.807, 2.05) is 32.0 Å². The first-order valence-electron chi connectivity index (χ1n) is 10.4. The summed E-state index contributed by atoms with van der Waals surface area (Å²) >= 11 is 0. The zero-order chi connectivity index (χ0) is 19.4. The highest BCUT2D eigenvalue weighted by molar-refractivity contribution is 5.95. The molecule has 1 aromatic rings. The van der Waals surface area contributed by atoms with Gasteiger partial charge < -0.3 is 15.1 Å². The van der Waals surface area contributed by atoms with Gasteiger partial charge in [-0.25, -0.2) is 0 Å². The third-order valence-electron chi connectivity index (χ3n) is 6.44. The molecule has 5 heteroatoms. The molecule has 2 aliphatic rings. The molecule has 148 valence electrons. The molecule has 1 saturated heterocycles. The molecule has 1 unspecified atom stereocenters. The number of aryl methyl sites for hydroxylation is 2. The van der Waals surface area contributed by atoms with Crippen LogP contribution in [0, 0.1) is 25.7 Å². The lowest BCUT2D eigenvalue weighted by Gasteiger charge is -2.38. The molecule has 27 heavy (non-hydrogen) atoms. The Morgan fingerprint density at radius 2 is 1.78 bits per heavy atom. The predicted octanol–water partition coefficient (Wildman–Crippen LogP) is 1.80. The summed E-state index contributed by atoms with van der Waals surface area (Å²) in [5.74, 6) is 1.62. The van der Waals surface area contributed by atoms with Crippen molar-refractivity contribution in [3.8, 4) is 0 Å². The van der Waals surface area contributed by atoms with Crippen molar-refractivity contribution in [1.82, 2.24) is 4.90 Å². The minimum atomic E-state index is -0.135. The summed E-state index contributed by atoms with van der Waals surface area (Å²) in [5, 5.41) is 2.97. The number of rotatable bonds is 5. The van der Waals surface area contributed by atoms with Crippen molar-refractivity contribution in [2.75, 3.05) is 38.5 Å². The van der Waals surface area contributed by atoms with Crippen LogP contribution in [0.2, 0.25) is 0 Å². The third-order valence-corrected chi connectivity index (χ3v) is 6.44. The van der Waals surface area contributed by atoms with E-state index in [0.29, 0.717) is 6.54 Å². The Kier molecular flexibility index (Phi) is 6.53. The molecule has 1 aliphatic heterocycles. The minimum absolute atomic E-state index is 0.0657. The Hall–Kier alpha value is -1.88. The number of likely N-dealkylation sites (N-methyl/N-ethyl adjacent to an activating group) is 1. The van der Waals surface area contributed by atoms with Crippen molar-refractivity contribution >= 4 is 17.5 Å². The number of nitrogens with zero attached hydrogens (tertiary/aromatic N) is 1. The number of amides is 2. The lowest BCUT2D eigenvalue weighted by Crippen LogP contribution is -3.15. The molecule has 0 bridgehead atoms. The fourth-order valence-electron chi connectivity index (χ4n) is 4.80. The number of piperidine rings is 1. The van der Waals surface area contributed by atoms with Crippen LogP contribution in [0.15, 0.2) is 18.2 Å². The topological polar surface area (TPSA) is 53.9 Å². The van der Waals surface area contributed by atoms with Gasteiger partial charge in [0.15, 0.2) is 6.54 Å². The number of carbonyl (C=O) groups excluding carboxylic acids is 2. The van der Waals surface area contributed by atoms with Gasteiger partial charge in [0.25, 0.3) is 5.91 Å². The van der Waals surface area contributed by atoms with Crippen LogP contribution in [-0.4, -0.2) is 49.9 Å². The molecule has 1 saturated carbocycles. The summed E-state index contributed by atoms with van der Waals surface area (Å²) in [6, 6.07) is 5.94. The lowest BCUT2D eigenvalue weighted by atomic mass is 9.75. The minimum Gasteiger partial charge on any atom is -0.332 e. The molecular formula is C22H34N3O2+. The van der Waals surface area contributed by atoms with E-state index in [9.17, 15) is 9.59 Å². The molecule has 2 N–H and O–H groups in total. The molecule has 1 aliphatic carbocycles. The van der Waals surface area contributed by atoms with Crippen LogP contribution in [0.1, 0.15) is 43.2 Å². The highest BCUT2D eigenvalue weighted by Crippen LogP contribution is 2.32. The number of hydrogen-bond donors (Lipinski definition) is 2. The number of fused-ring (bicyclic) bond motifs is 1. The average Bonchev–Trinajstić information content (AvgIpc) is 2.64. The molecule has 0 radical (unpaired) electrons. The smallest absolute Gasteiger partial charge is 0.277 e. The highest BCUT2D eigenvalue weighted by atomic mass is 16.2. The number of para-hydroxylation sites is 1. The van der Waals surface area contributed by atoms with E-state index < -0.39 is 0 Å². The molecular weight excluding hydrogens is 338 g/mol. The number of nitrogens with one attached hydrogen (secondary N) is 2. The Bertz CT molecular complexity index is 668. The quantitative estimate of drug-likeness (QED) is 0.828. The van der Waals surface area contributed by atoms with Gasteiger partial charge in [0.2, 0.25) is 5.91 Å². The van der Waals surface area contributed by atoms with Crippen molar-refractivity contribution in [1.29, 1.82) is 0 Å². The van der Waals surface area contributed by atoms with Gasteiger partial charge in [-0.3, -0.25) is 9.59 Å². The molecule has 3 rings (SSSR count). The van der Waals surface area contributed by atoms with E-state index >= 15 is 0 Å². The molecule has 1 aromatic carbocycles. The Labute approximate surface area is 163 Å². The fourth-order valence-corrected chi connectivity index (χ4v) is 4.80. The molecule has 0 spiro atoms. The first-order chi connectivity index (χ1) is 12.9. The Balaban J connectivity index is 1.48. The molecule has 2 amide bonds. The number of likely N-dealkylation sites (tertiary alicyclic amines) is 1. The molecule has 5 nitrogen and oxygen atoms in total. The zero-order valence-corrected chi connectivity index (χ0v) is 17.0. The normalized spacial score (nSPS) is 24.8. The molecule has 0 aromatic heterocycles. The van der Waals surface area contributed by atoms with Gasteiger partial charge in [0.1, 0.15) is 0 Å². The number of carbonyl (C=O) groups is 2. The van der Waals surface area contributed by atoms with E-state index in [1.54, 1.807) is 11.9 Å². The number of anilines is 1. The maximum absolute atomic E-state index is 12.6. The van der Waals surface area contributed by atoms with Crippen LogP contribution in [0.4, 0.5) is 5.69 Å². The fraction of sp³-hybridized carbons (Fsp3) is 0.636. The van der Waals surface area contributed by atoms with Crippen LogP contribution >= 0.6 is 0 Å². The largest absolute Gasteiger partial charge is 0.332 e. The second-order valence-electron chi connectivity index (χ2n) is 8.54. The van der Waals surface area contributed by atoms with Crippen LogP contribution < -0.4 is 10.2 Å². The standard InChI is InChI=1S/C22H33N3O2/c1-16-7-6-8-17(2)22(16)23-20(26)14-24(3)21(27)15-25-12-11-18-9-4-5-10-19(18)13-25/h6-8,18-19H,4-5,9-15H2,1-3H3,(H,23,26)/p+1/t18-,19+/m0/s1. The SMILES string of the molecule is Cc1cccc(C)c1NC(=O)CN(C)C(=O)C[NH+]1CC[C@@H]2CCCC[C@@H]2C1. The second-order valence-corrected chi connectivity index (χ2v) is 8.54. The van der Waals surface area contributed by atoms with Gasteiger partial charge in [-0.1, -0.05) is 31.0 Å². The van der Waals surface area contributed by atoms with Crippen LogP contribution in [0.3, 0.4) is 0 Å². The second kappa shape index (κ2) is 8.87. The summed E-state index contributed by atoms with van der Waals surface area (Å²) in [5.41, 5.74) is 2.93. The average molecular weight is 373 g/mol. The predicted molar refractivity (Wildman–Crippen MR) is 108 cm³/mol. The maximum Gasteiger partial charge on any atom is 0.277 e. The van der Waals surface area contributed by atoms with Gasteiger partial charge in [-0.05, 0) is 50.2 Å². The summed E-state index contributed by atoms with van der Waals surface area (Å²) in [7, 11) is 1.74. The first-order valence-corrected chi connectivity index (χ1v) is 10.4. The molecule has 1 heterocycles. The van der Waals surface area contributed by atoms with E-state index in [-0.39, 0.29) is 18.4 Å². The van der Waals surface area contributed by atoms with Crippen molar-refractivity contribution in [3.63, 3.8) is 0 Å². The first kappa shape index (κ1) is 19.9. The van der Waals surface area contributed by atoms with Gasteiger partial charge in [0.05, 0.1) is 19.6 Å². The number of benzene rings is 1. The van der Waals surface area contributed by atoms with Crippen molar-refractivity contribution in [2.24, 2.45) is 11.8 Å². The summed E-state index contributed by atoms with van der Waals surface area (Å²) in [6.45, 7) is 6.79. The monoisotopic (exact) mass is 372 g/mol. The Morgan fingerprint density at radius 3 is 2.48 bits per heavy atom. The lowest BCUT2D eigenvalue weighted by molar-refractivity contribution is -0.903. The van der Waals surface area contributed by atoms with E-state index in [0.717, 1.165) is 41.7 Å². The number of hydrogen-bond acceptors (Lipinski definition) is 2. The Morgan fingerprint density at radius 1 is 1.11 bits per heavy atom. The third kappa shape index (κ3) is 5.10. The van der Waals surface area contributed by atoms with Gasteiger partial charge >= 0.3 is 0 Å². The van der Waals surface area contributed by atoms with Crippen molar-refractivity contribution in [3.05, 3.63) is 29.3 Å². The molecule has 3 atom stereocenters. The van der Waals surface area contributed by atoms with Gasteiger partial charge in [0, 0.05) is 18.7 Å². The van der Waals surface area contributed by atoms with Gasteiger partial charge in [-0.15, -0.1) is 0 Å². The zero-order valence-electron chi connectivity index (χ0n) is 17.0. The molecule has 2 fully saturated rings. The summed E-state index contributed by atoms with van der Waals surface area (Å²) < 4.78 is 0. The van der Waals surface area contributed by atoms with Gasteiger partial charge in [-0.2, -0.15) is 0 Å². The van der Waals surface area contributed by atoms with E-state index in [2.05, 4.69) is 5.32 Å². The summed E-state index contributed by atoms with van der Waals surface area (Å²) in [6.07, 6.45) is 6.69. The van der Waals surface area contributed by atoms with Crippen LogP contribution in [0.5, 0.6) is 0 Å². The van der Waals surface area contributed by atoms with Crippen LogP contribution in [0.25, 0.3) is 0 Å². The maximum atomic E-state index is 12.6. The van der Waals surface area contributed by atoms with Crippen molar-refractivity contribution < 1.29 is 14.5 Å². The van der Waals surface area contributed by atoms with Crippen molar-refractivity contribution in [2.45, 2.75) is 46.0 Å². The van der Waals surface area contributed by atoms with E-state index in [4.69, 9.17) is 0 Å². The summed E-state index contributed by atoms with van der Waals surface area (Å²) in [4.78, 5) is 28.0. The highest BCUT2D eigenvalue weighted by Gasteiger charge is 2.34.